The average molecular weight is 377 g/mol. The van der Waals surface area contributed by atoms with E-state index in [-0.39, 0.29) is 11.8 Å². The number of rotatable bonds is 6. The van der Waals surface area contributed by atoms with Gasteiger partial charge >= 0.3 is 0 Å². The largest absolute Gasteiger partial charge is 0.398 e. The number of nitrogen functional groups attached to an aromatic ring is 2. The third-order valence-electron chi connectivity index (χ3n) is 4.54. The summed E-state index contributed by atoms with van der Waals surface area (Å²) in [6.45, 7) is 0.651. The normalized spacial score (nSPS) is 11.0. The molecule has 2 aromatic heterocycles. The van der Waals surface area contributed by atoms with E-state index in [9.17, 15) is 4.39 Å². The maximum atomic E-state index is 13.7. The standard InChI is InChI=1S/C20H20FN7/c21-14-6-2-1-4-12(14)5-3-8-24-19-18-15(22)10-13(11-17(18)27-28-19)16-7-9-25-20(23)26-16/h1-2,4,6-7,9-11H,3,5,8,22H2,(H2,23,25,26)(H2,24,27,28). The lowest BCUT2D eigenvalue weighted by molar-refractivity contribution is 0.606. The van der Waals surface area contributed by atoms with E-state index in [4.69, 9.17) is 11.5 Å². The fourth-order valence-corrected chi connectivity index (χ4v) is 3.19. The molecule has 0 spiro atoms. The Morgan fingerprint density at radius 2 is 1.96 bits per heavy atom. The van der Waals surface area contributed by atoms with Gasteiger partial charge in [-0.15, -0.1) is 0 Å². The van der Waals surface area contributed by atoms with E-state index in [2.05, 4.69) is 25.5 Å². The number of nitrogens with one attached hydrogen (secondary N) is 2. The van der Waals surface area contributed by atoms with Gasteiger partial charge in [-0.2, -0.15) is 5.10 Å². The molecule has 0 unspecified atom stereocenters. The molecule has 0 saturated heterocycles. The molecule has 0 fully saturated rings. The van der Waals surface area contributed by atoms with Crippen molar-refractivity contribution in [3.05, 3.63) is 60.0 Å². The van der Waals surface area contributed by atoms with Gasteiger partial charge < -0.3 is 16.8 Å². The first-order chi connectivity index (χ1) is 13.6. The highest BCUT2D eigenvalue weighted by Gasteiger charge is 2.12. The second-order valence-electron chi connectivity index (χ2n) is 6.48. The lowest BCUT2D eigenvalue weighted by Crippen LogP contribution is -2.05. The van der Waals surface area contributed by atoms with E-state index in [1.54, 1.807) is 24.4 Å². The Morgan fingerprint density at radius 3 is 2.79 bits per heavy atom. The second-order valence-corrected chi connectivity index (χ2v) is 6.48. The van der Waals surface area contributed by atoms with Crippen LogP contribution >= 0.6 is 0 Å². The smallest absolute Gasteiger partial charge is 0.220 e. The molecule has 4 rings (SSSR count). The summed E-state index contributed by atoms with van der Waals surface area (Å²) >= 11 is 0. The van der Waals surface area contributed by atoms with E-state index >= 15 is 0 Å². The summed E-state index contributed by atoms with van der Waals surface area (Å²) in [4.78, 5) is 8.13. The second kappa shape index (κ2) is 7.51. The first kappa shape index (κ1) is 17.7. The number of nitrogens with zero attached hydrogens (tertiary/aromatic N) is 3. The minimum Gasteiger partial charge on any atom is -0.398 e. The molecule has 0 aliphatic heterocycles. The molecule has 142 valence electrons. The summed E-state index contributed by atoms with van der Waals surface area (Å²) < 4.78 is 13.7. The van der Waals surface area contributed by atoms with Gasteiger partial charge in [0, 0.05) is 24.0 Å². The molecular weight excluding hydrogens is 357 g/mol. The summed E-state index contributed by atoms with van der Waals surface area (Å²) in [5.74, 6) is 0.711. The van der Waals surface area contributed by atoms with Crippen molar-refractivity contribution in [1.29, 1.82) is 0 Å². The van der Waals surface area contributed by atoms with Gasteiger partial charge in [-0.25, -0.2) is 14.4 Å². The Morgan fingerprint density at radius 1 is 1.11 bits per heavy atom. The maximum Gasteiger partial charge on any atom is 0.220 e. The van der Waals surface area contributed by atoms with Crippen molar-refractivity contribution in [3.8, 4) is 11.3 Å². The number of halogens is 1. The van der Waals surface area contributed by atoms with Gasteiger partial charge in [-0.3, -0.25) is 5.10 Å². The number of H-pyrrole nitrogens is 1. The molecule has 0 saturated carbocycles. The summed E-state index contributed by atoms with van der Waals surface area (Å²) in [7, 11) is 0. The minimum atomic E-state index is -0.171. The topological polar surface area (TPSA) is 119 Å². The Kier molecular flexibility index (Phi) is 4.76. The molecular formula is C20H20FN7. The van der Waals surface area contributed by atoms with Crippen LogP contribution in [0, 0.1) is 5.82 Å². The molecule has 0 radical (unpaired) electrons. The molecule has 6 N–H and O–H groups in total. The van der Waals surface area contributed by atoms with Crippen LogP contribution in [0.25, 0.3) is 22.2 Å². The predicted molar refractivity (Wildman–Crippen MR) is 109 cm³/mol. The van der Waals surface area contributed by atoms with E-state index in [1.807, 2.05) is 18.2 Å². The lowest BCUT2D eigenvalue weighted by Gasteiger charge is -2.07. The molecule has 2 aromatic carbocycles. The van der Waals surface area contributed by atoms with Crippen molar-refractivity contribution in [2.24, 2.45) is 0 Å². The number of fused-ring (bicyclic) bond motifs is 1. The SMILES string of the molecule is Nc1nccc(-c2cc(N)c3c(NCCCc4ccccc4F)n[nH]c3c2)n1. The predicted octanol–water partition coefficient (Wildman–Crippen LogP) is 3.37. The van der Waals surface area contributed by atoms with Crippen molar-refractivity contribution in [3.63, 3.8) is 0 Å². The summed E-state index contributed by atoms with van der Waals surface area (Å²) in [5.41, 5.74) is 15.5. The molecule has 0 amide bonds. The van der Waals surface area contributed by atoms with Gasteiger partial charge in [0.15, 0.2) is 5.82 Å². The first-order valence-corrected chi connectivity index (χ1v) is 8.95. The van der Waals surface area contributed by atoms with Crippen molar-refractivity contribution in [2.75, 3.05) is 23.3 Å². The number of hydrogen-bond donors (Lipinski definition) is 4. The fourth-order valence-electron chi connectivity index (χ4n) is 3.19. The maximum absolute atomic E-state index is 13.7. The van der Waals surface area contributed by atoms with Crippen LogP contribution in [0.4, 0.5) is 21.8 Å². The van der Waals surface area contributed by atoms with E-state index in [0.29, 0.717) is 35.7 Å². The van der Waals surface area contributed by atoms with Crippen LogP contribution in [-0.4, -0.2) is 26.7 Å². The fraction of sp³-hybridized carbons (Fsp3) is 0.150. The van der Waals surface area contributed by atoms with E-state index in [0.717, 1.165) is 22.9 Å². The van der Waals surface area contributed by atoms with Crippen LogP contribution in [-0.2, 0) is 6.42 Å². The molecule has 0 aliphatic rings. The number of aromatic amines is 1. The Bertz CT molecular complexity index is 1120. The van der Waals surface area contributed by atoms with Crippen LogP contribution in [0.15, 0.2) is 48.7 Å². The number of hydrogen-bond acceptors (Lipinski definition) is 6. The zero-order valence-corrected chi connectivity index (χ0v) is 15.1. The number of anilines is 3. The number of aryl methyl sites for hydroxylation is 1. The molecule has 0 aliphatic carbocycles. The molecule has 4 aromatic rings. The zero-order chi connectivity index (χ0) is 19.5. The molecule has 7 nitrogen and oxygen atoms in total. The molecule has 0 atom stereocenters. The van der Waals surface area contributed by atoms with Crippen LogP contribution in [0.3, 0.4) is 0 Å². The lowest BCUT2D eigenvalue weighted by atomic mass is 10.1. The van der Waals surface area contributed by atoms with Gasteiger partial charge in [0.25, 0.3) is 0 Å². The van der Waals surface area contributed by atoms with Crippen molar-refractivity contribution >= 4 is 28.4 Å². The molecule has 8 heteroatoms. The first-order valence-electron chi connectivity index (χ1n) is 8.95. The Hall–Kier alpha value is -3.68. The van der Waals surface area contributed by atoms with Gasteiger partial charge in [-0.05, 0) is 42.7 Å². The van der Waals surface area contributed by atoms with Gasteiger partial charge in [0.1, 0.15) is 5.82 Å². The molecule has 28 heavy (non-hydrogen) atoms. The third kappa shape index (κ3) is 3.57. The average Bonchev–Trinajstić information content (AvgIpc) is 3.10. The number of aromatic nitrogens is 4. The van der Waals surface area contributed by atoms with E-state index < -0.39 is 0 Å². The number of nitrogens with two attached hydrogens (primary N) is 2. The van der Waals surface area contributed by atoms with Crippen LogP contribution in [0.2, 0.25) is 0 Å². The summed E-state index contributed by atoms with van der Waals surface area (Å²) in [6.07, 6.45) is 3.03. The quantitative estimate of drug-likeness (QED) is 0.302. The van der Waals surface area contributed by atoms with Crippen LogP contribution in [0.1, 0.15) is 12.0 Å². The Balaban J connectivity index is 1.49. The van der Waals surface area contributed by atoms with Gasteiger partial charge in [0.05, 0.1) is 16.6 Å². The monoisotopic (exact) mass is 377 g/mol. The van der Waals surface area contributed by atoms with Crippen molar-refractivity contribution in [1.82, 2.24) is 20.2 Å². The highest BCUT2D eigenvalue weighted by atomic mass is 19.1. The van der Waals surface area contributed by atoms with Crippen LogP contribution < -0.4 is 16.8 Å². The Labute approximate surface area is 161 Å². The van der Waals surface area contributed by atoms with Crippen LogP contribution in [0.5, 0.6) is 0 Å². The highest BCUT2D eigenvalue weighted by Crippen LogP contribution is 2.31. The highest BCUT2D eigenvalue weighted by molar-refractivity contribution is 6.01. The molecule has 0 bridgehead atoms. The number of benzene rings is 2. The van der Waals surface area contributed by atoms with Crippen molar-refractivity contribution < 1.29 is 4.39 Å². The minimum absolute atomic E-state index is 0.171. The van der Waals surface area contributed by atoms with Crippen molar-refractivity contribution in [2.45, 2.75) is 12.8 Å². The summed E-state index contributed by atoms with van der Waals surface area (Å²) in [5, 5.41) is 11.4. The van der Waals surface area contributed by atoms with Gasteiger partial charge in [-0.1, -0.05) is 18.2 Å². The summed E-state index contributed by atoms with van der Waals surface area (Å²) in [6, 6.07) is 12.4. The third-order valence-corrected chi connectivity index (χ3v) is 4.54. The van der Waals surface area contributed by atoms with E-state index in [1.165, 1.54) is 6.07 Å². The van der Waals surface area contributed by atoms with Gasteiger partial charge in [0.2, 0.25) is 5.95 Å². The zero-order valence-electron chi connectivity index (χ0n) is 15.1. The molecule has 2 heterocycles.